The quantitative estimate of drug-likeness (QED) is 0.0425. The monoisotopic (exact) mass is 1030 g/mol. The number of hydrogen-bond donors (Lipinski definition) is 2. The second kappa shape index (κ2) is 22.1. The van der Waals surface area contributed by atoms with Crippen molar-refractivity contribution < 1.29 is 175 Å². The van der Waals surface area contributed by atoms with Gasteiger partial charge in [-0.3, -0.25) is 10.2 Å². The molecular formula is C40H23N7Na4O13S4. The molecule has 0 aliphatic heterocycles. The Morgan fingerprint density at radius 2 is 1.04 bits per heavy atom. The van der Waals surface area contributed by atoms with E-state index in [1.165, 1.54) is 54.6 Å². The topological polar surface area (TPSA) is 346 Å². The van der Waals surface area contributed by atoms with Crippen LogP contribution in [0.2, 0.25) is 0 Å². The first-order valence-corrected chi connectivity index (χ1v) is 23.5. The van der Waals surface area contributed by atoms with E-state index in [0.29, 0.717) is 10.8 Å². The third-order valence-corrected chi connectivity index (χ3v) is 13.2. The minimum atomic E-state index is -5.27. The number of carbonyl (C=O) groups excluding carboxylic acids is 1. The molecule has 0 heterocycles. The molecule has 0 saturated heterocycles. The van der Waals surface area contributed by atoms with Gasteiger partial charge in [-0.2, -0.15) is 10.2 Å². The molecule has 0 aromatic heterocycles. The number of allylic oxidation sites excluding steroid dienone is 1. The van der Waals surface area contributed by atoms with E-state index in [1.54, 1.807) is 24.3 Å². The van der Waals surface area contributed by atoms with E-state index in [4.69, 9.17) is 5.73 Å². The standard InChI is InChI=1S/C40H27N7O13S4.4Na/c41-22-8-10-25-21(16-22)17-38(64(58,59)60)39(40(25)48)47-46-35-15-14-34(28-11-9-24(20-30(28)35)61(49,50)51)45-44-33-13-12-32(26-4-1-2-5-27(26)33)43-42-23-18-31-29(37(19-23)63(55,56)57)6-3-7-36(31)62(52,53)54;;;;/h1-20,46H,41H2,(H,49,50,51)(H,52,53,54)(H,55,56,57)(H,58,59,60);;;;/q;4*+1/p-4/b43-42?,45-44?,47-39-;;;;. The van der Waals surface area contributed by atoms with Gasteiger partial charge in [-0.25, -0.2) is 33.7 Å². The van der Waals surface area contributed by atoms with Crippen molar-refractivity contribution in [2.45, 2.75) is 14.7 Å². The van der Waals surface area contributed by atoms with E-state index in [2.05, 4.69) is 31.0 Å². The summed E-state index contributed by atoms with van der Waals surface area (Å²) in [5.41, 5.74) is 8.08. The van der Waals surface area contributed by atoms with Crippen LogP contribution in [-0.4, -0.2) is 63.4 Å². The van der Waals surface area contributed by atoms with E-state index in [1.807, 2.05) is 0 Å². The summed E-state index contributed by atoms with van der Waals surface area (Å²) in [4.78, 5) is 10.2. The van der Waals surface area contributed by atoms with Crippen LogP contribution in [-0.2, 0) is 40.5 Å². The Hall–Kier alpha value is -3.16. The molecule has 0 unspecified atom stereocenters. The van der Waals surface area contributed by atoms with Crippen LogP contribution in [0.5, 0.6) is 0 Å². The van der Waals surface area contributed by atoms with Crippen LogP contribution in [0.25, 0.3) is 38.4 Å². The number of Topliss-reactive ketones (excluding diaryl/α,β-unsaturated/α-hetero) is 1. The number of nitrogens with zero attached hydrogens (tertiary/aromatic N) is 5. The number of carbonyl (C=O) groups is 1. The molecule has 20 nitrogen and oxygen atoms in total. The summed E-state index contributed by atoms with van der Waals surface area (Å²) in [5.74, 6) is -0.929. The summed E-state index contributed by atoms with van der Waals surface area (Å²) >= 11 is 0. The van der Waals surface area contributed by atoms with Crippen LogP contribution in [0.3, 0.4) is 0 Å². The van der Waals surface area contributed by atoms with Crippen molar-refractivity contribution in [3.8, 4) is 0 Å². The van der Waals surface area contributed by atoms with Crippen LogP contribution >= 0.6 is 0 Å². The zero-order valence-electron chi connectivity index (χ0n) is 35.8. The zero-order valence-corrected chi connectivity index (χ0v) is 47.1. The van der Waals surface area contributed by atoms with Crippen LogP contribution in [0.4, 0.5) is 34.1 Å². The molecule has 0 atom stereocenters. The summed E-state index contributed by atoms with van der Waals surface area (Å²) in [6.07, 6.45) is 0.951. The van der Waals surface area contributed by atoms with Crippen LogP contribution in [0.1, 0.15) is 15.9 Å². The number of nitrogens with two attached hydrogens (primary N) is 1. The van der Waals surface area contributed by atoms with Crippen LogP contribution < -0.4 is 129 Å². The maximum absolute atomic E-state index is 13.4. The van der Waals surface area contributed by atoms with Gasteiger partial charge in [0.25, 0.3) is 0 Å². The van der Waals surface area contributed by atoms with Crippen molar-refractivity contribution in [1.82, 2.24) is 0 Å². The number of ketones is 1. The van der Waals surface area contributed by atoms with E-state index in [0.717, 1.165) is 42.5 Å². The predicted molar refractivity (Wildman–Crippen MR) is 228 cm³/mol. The van der Waals surface area contributed by atoms with Crippen molar-refractivity contribution in [2.24, 2.45) is 25.6 Å². The van der Waals surface area contributed by atoms with Gasteiger partial charge in [0.1, 0.15) is 46.2 Å². The Morgan fingerprint density at radius 1 is 0.485 bits per heavy atom. The number of nitrogens with one attached hydrogen (secondary N) is 1. The van der Waals surface area contributed by atoms with Gasteiger partial charge in [-0.15, -0.1) is 15.3 Å². The molecule has 0 fully saturated rings. The third kappa shape index (κ3) is 12.1. The zero-order chi connectivity index (χ0) is 45.9. The summed E-state index contributed by atoms with van der Waals surface area (Å²) < 4.78 is 145. The van der Waals surface area contributed by atoms with E-state index in [-0.39, 0.29) is 185 Å². The van der Waals surface area contributed by atoms with Gasteiger partial charge in [0, 0.05) is 43.6 Å². The fourth-order valence-corrected chi connectivity index (χ4v) is 9.41. The summed E-state index contributed by atoms with van der Waals surface area (Å²) in [6, 6.07) is 24.9. The predicted octanol–water partition coefficient (Wildman–Crippen LogP) is -5.16. The molecule has 0 amide bonds. The summed E-state index contributed by atoms with van der Waals surface area (Å²) in [6.45, 7) is 0. The Bertz CT molecular complexity index is 3820. The molecule has 324 valence electrons. The maximum atomic E-state index is 13.4. The van der Waals surface area contributed by atoms with Gasteiger partial charge in [0.2, 0.25) is 5.78 Å². The Kier molecular flexibility index (Phi) is 18.6. The van der Waals surface area contributed by atoms with Gasteiger partial charge in [-0.05, 0) is 84.4 Å². The molecule has 0 bridgehead atoms. The Morgan fingerprint density at radius 3 is 1.62 bits per heavy atom. The molecule has 0 saturated carbocycles. The van der Waals surface area contributed by atoms with Gasteiger partial charge in [-0.1, -0.05) is 42.5 Å². The molecule has 68 heavy (non-hydrogen) atoms. The minimum absolute atomic E-state index is 0. The number of nitrogen functional groups attached to an aromatic ring is 1. The number of hydrogen-bond acceptors (Lipinski definition) is 20. The average Bonchev–Trinajstić information content (AvgIpc) is 3.22. The van der Waals surface area contributed by atoms with E-state index in [9.17, 15) is 56.7 Å². The molecule has 7 aromatic rings. The molecule has 3 N–H and O–H groups in total. The fourth-order valence-electron chi connectivity index (χ4n) is 6.87. The third-order valence-electron chi connectivity index (χ3n) is 9.72. The van der Waals surface area contributed by atoms with Gasteiger partial charge in [0.05, 0.1) is 48.0 Å². The van der Waals surface area contributed by atoms with E-state index < -0.39 is 71.6 Å². The molecule has 0 radical (unpaired) electrons. The van der Waals surface area contributed by atoms with Crippen molar-refractivity contribution in [3.05, 3.63) is 131 Å². The first-order valence-electron chi connectivity index (χ1n) is 17.9. The molecule has 7 aromatic carbocycles. The summed E-state index contributed by atoms with van der Waals surface area (Å²) in [5, 5.41) is 21.4. The van der Waals surface area contributed by atoms with Crippen molar-refractivity contribution in [3.63, 3.8) is 0 Å². The Balaban J connectivity index is 0.00000252. The minimum Gasteiger partial charge on any atom is -0.744 e. The molecule has 0 spiro atoms. The van der Waals surface area contributed by atoms with Crippen LogP contribution in [0, 0.1) is 0 Å². The molecular weight excluding hydrogens is 1010 g/mol. The second-order valence-electron chi connectivity index (χ2n) is 13.8. The molecule has 1 aliphatic carbocycles. The number of azo groups is 2. The molecule has 1 aliphatic rings. The van der Waals surface area contributed by atoms with Gasteiger partial charge >= 0.3 is 118 Å². The second-order valence-corrected chi connectivity index (χ2v) is 19.2. The smallest absolute Gasteiger partial charge is 0.744 e. The Labute approximate surface area is 475 Å². The average molecular weight is 1030 g/mol. The molecule has 8 rings (SSSR count). The molecule has 28 heteroatoms. The van der Waals surface area contributed by atoms with Crippen molar-refractivity contribution in [1.29, 1.82) is 0 Å². The number of fused-ring (bicyclic) bond motifs is 4. The van der Waals surface area contributed by atoms with E-state index >= 15 is 0 Å². The fraction of sp³-hybridized carbons (Fsp3) is 0. The SMILES string of the molecule is Nc1ccc2c(c1)C=C(S(=O)(=O)[O-])/C(=N/Nc1ccc(N=Nc3ccc(N=Nc4cc(S(=O)(=O)[O-])c5cccc(S(=O)(=O)[O-])c5c4)c4ccccc34)c3ccc(S(=O)(=O)[O-])cc13)C2=O.[Na+].[Na+].[Na+].[Na+]. The first kappa shape index (κ1) is 57.4. The largest absolute Gasteiger partial charge is 1.00 e. The van der Waals surface area contributed by atoms with Crippen molar-refractivity contribution in [2.75, 3.05) is 11.2 Å². The summed E-state index contributed by atoms with van der Waals surface area (Å²) in [7, 11) is -20.6. The maximum Gasteiger partial charge on any atom is 1.00 e. The van der Waals surface area contributed by atoms with Crippen LogP contribution in [0.15, 0.2) is 160 Å². The number of hydrazone groups is 1. The number of benzene rings is 7. The normalized spacial score (nSPS) is 13.7. The number of anilines is 2. The first-order chi connectivity index (χ1) is 30.1. The van der Waals surface area contributed by atoms with Crippen molar-refractivity contribution >= 4 is 124 Å². The van der Waals surface area contributed by atoms with Gasteiger partial charge < -0.3 is 23.9 Å². The number of rotatable bonds is 10. The van der Waals surface area contributed by atoms with Gasteiger partial charge in [0.15, 0.2) is 0 Å².